The van der Waals surface area contributed by atoms with Crippen LogP contribution in [0.1, 0.15) is 12.0 Å². The molecule has 18 heavy (non-hydrogen) atoms. The Morgan fingerprint density at radius 1 is 1.56 bits per heavy atom. The summed E-state index contributed by atoms with van der Waals surface area (Å²) in [6.45, 7) is -0.00812. The number of benzene rings is 1. The molecule has 1 fully saturated rings. The van der Waals surface area contributed by atoms with Crippen LogP contribution in [0.3, 0.4) is 0 Å². The lowest BCUT2D eigenvalue weighted by Crippen LogP contribution is -2.29. The molecule has 5 nitrogen and oxygen atoms in total. The second-order valence-corrected chi connectivity index (χ2v) is 4.62. The standard InChI is InChI=1S/C12H13ClN2O3/c13-9-3-1-2-7(6-16)11(9)15-5-8(12(14)18)4-10(15)17/h1-3,8,16H,4-6H2,(H2,14,18). The highest BCUT2D eigenvalue weighted by molar-refractivity contribution is 6.34. The molecule has 0 aliphatic carbocycles. The fourth-order valence-electron chi connectivity index (χ4n) is 2.10. The number of hydrogen-bond donors (Lipinski definition) is 2. The lowest BCUT2D eigenvalue weighted by Gasteiger charge is -2.20. The van der Waals surface area contributed by atoms with Gasteiger partial charge in [0.2, 0.25) is 11.8 Å². The summed E-state index contributed by atoms with van der Waals surface area (Å²) in [7, 11) is 0. The van der Waals surface area contributed by atoms with E-state index in [4.69, 9.17) is 17.3 Å². The van der Waals surface area contributed by atoms with Gasteiger partial charge < -0.3 is 15.7 Å². The van der Waals surface area contributed by atoms with E-state index in [1.807, 2.05) is 0 Å². The molecule has 0 radical (unpaired) electrons. The van der Waals surface area contributed by atoms with Gasteiger partial charge in [-0.05, 0) is 6.07 Å². The van der Waals surface area contributed by atoms with Gasteiger partial charge in [0.15, 0.2) is 0 Å². The Balaban J connectivity index is 2.38. The minimum absolute atomic E-state index is 0.0887. The van der Waals surface area contributed by atoms with Crippen molar-refractivity contribution in [3.05, 3.63) is 28.8 Å². The molecule has 96 valence electrons. The molecule has 0 aromatic heterocycles. The minimum atomic E-state index is -0.500. The van der Waals surface area contributed by atoms with Crippen molar-refractivity contribution >= 4 is 29.1 Å². The zero-order valence-corrected chi connectivity index (χ0v) is 10.4. The Morgan fingerprint density at radius 2 is 2.28 bits per heavy atom. The minimum Gasteiger partial charge on any atom is -0.392 e. The number of nitrogens with two attached hydrogens (primary N) is 1. The van der Waals surface area contributed by atoms with Crippen LogP contribution >= 0.6 is 11.6 Å². The van der Waals surface area contributed by atoms with Crippen molar-refractivity contribution in [2.75, 3.05) is 11.4 Å². The molecule has 1 aliphatic rings. The normalized spacial score (nSPS) is 19.3. The molecule has 0 saturated carbocycles. The van der Waals surface area contributed by atoms with E-state index in [1.165, 1.54) is 4.90 Å². The van der Waals surface area contributed by atoms with Crippen LogP contribution in [-0.2, 0) is 16.2 Å². The predicted octanol–water partition coefficient (Wildman–Crippen LogP) is 0.670. The lowest BCUT2D eigenvalue weighted by molar-refractivity contribution is -0.123. The Hall–Kier alpha value is -1.59. The monoisotopic (exact) mass is 268 g/mol. The fourth-order valence-corrected chi connectivity index (χ4v) is 2.40. The van der Waals surface area contributed by atoms with Crippen molar-refractivity contribution in [3.8, 4) is 0 Å². The van der Waals surface area contributed by atoms with Crippen LogP contribution in [0.2, 0.25) is 5.02 Å². The van der Waals surface area contributed by atoms with Crippen molar-refractivity contribution < 1.29 is 14.7 Å². The molecule has 1 aliphatic heterocycles. The van der Waals surface area contributed by atoms with Gasteiger partial charge in [0.25, 0.3) is 0 Å². The second-order valence-electron chi connectivity index (χ2n) is 4.21. The third-order valence-corrected chi connectivity index (χ3v) is 3.34. The van der Waals surface area contributed by atoms with Gasteiger partial charge in [0, 0.05) is 18.5 Å². The number of aliphatic hydroxyl groups is 1. The van der Waals surface area contributed by atoms with Gasteiger partial charge in [-0.15, -0.1) is 0 Å². The van der Waals surface area contributed by atoms with Gasteiger partial charge in [0.05, 0.1) is 23.2 Å². The number of rotatable bonds is 3. The van der Waals surface area contributed by atoms with Crippen LogP contribution in [0.25, 0.3) is 0 Å². The molecule has 1 unspecified atom stereocenters. The number of carbonyl (C=O) groups is 2. The van der Waals surface area contributed by atoms with Crippen LogP contribution in [0, 0.1) is 5.92 Å². The molecular weight excluding hydrogens is 256 g/mol. The van der Waals surface area contributed by atoms with E-state index in [1.54, 1.807) is 18.2 Å². The summed E-state index contributed by atoms with van der Waals surface area (Å²) in [5, 5.41) is 9.65. The van der Waals surface area contributed by atoms with Gasteiger partial charge in [-0.25, -0.2) is 0 Å². The van der Waals surface area contributed by atoms with E-state index in [2.05, 4.69) is 0 Å². The zero-order chi connectivity index (χ0) is 13.3. The van der Waals surface area contributed by atoms with E-state index in [9.17, 15) is 14.7 Å². The number of primary amides is 1. The Kier molecular flexibility index (Phi) is 3.54. The van der Waals surface area contributed by atoms with Crippen molar-refractivity contribution in [1.82, 2.24) is 0 Å². The van der Waals surface area contributed by atoms with Crippen LogP contribution in [-0.4, -0.2) is 23.5 Å². The molecular formula is C12H13ClN2O3. The van der Waals surface area contributed by atoms with Gasteiger partial charge in [0.1, 0.15) is 0 Å². The predicted molar refractivity (Wildman–Crippen MR) is 67.0 cm³/mol. The molecule has 1 heterocycles. The molecule has 1 aromatic rings. The summed E-state index contributed by atoms with van der Waals surface area (Å²) in [4.78, 5) is 24.4. The van der Waals surface area contributed by atoms with Gasteiger partial charge in [-0.1, -0.05) is 23.7 Å². The first kappa shape index (κ1) is 12.9. The first-order valence-electron chi connectivity index (χ1n) is 5.52. The number of halogens is 1. The smallest absolute Gasteiger partial charge is 0.227 e. The van der Waals surface area contributed by atoms with Gasteiger partial charge in [-0.3, -0.25) is 9.59 Å². The molecule has 3 N–H and O–H groups in total. The van der Waals surface area contributed by atoms with Crippen LogP contribution < -0.4 is 10.6 Å². The lowest BCUT2D eigenvalue weighted by atomic mass is 10.1. The van der Waals surface area contributed by atoms with E-state index in [-0.39, 0.29) is 25.5 Å². The maximum absolute atomic E-state index is 11.9. The third kappa shape index (κ3) is 2.19. The SMILES string of the molecule is NC(=O)C1CC(=O)N(c2c(Cl)cccc2CO)C1. The van der Waals surface area contributed by atoms with Crippen LogP contribution in [0.15, 0.2) is 18.2 Å². The van der Waals surface area contributed by atoms with Gasteiger partial charge in [-0.2, -0.15) is 0 Å². The highest BCUT2D eigenvalue weighted by Crippen LogP contribution is 2.34. The third-order valence-electron chi connectivity index (χ3n) is 3.04. The fraction of sp³-hybridized carbons (Fsp3) is 0.333. The van der Waals surface area contributed by atoms with Crippen molar-refractivity contribution in [2.45, 2.75) is 13.0 Å². The summed E-state index contributed by atoms with van der Waals surface area (Å²) < 4.78 is 0. The number of para-hydroxylation sites is 1. The van der Waals surface area contributed by atoms with Crippen molar-refractivity contribution in [1.29, 1.82) is 0 Å². The summed E-state index contributed by atoms with van der Waals surface area (Å²) in [5.74, 6) is -1.20. The first-order chi connectivity index (χ1) is 8.54. The second kappa shape index (κ2) is 4.96. The molecule has 2 rings (SSSR count). The number of hydrogen-bond acceptors (Lipinski definition) is 3. The quantitative estimate of drug-likeness (QED) is 0.845. The maximum Gasteiger partial charge on any atom is 0.227 e. The van der Waals surface area contributed by atoms with Crippen molar-refractivity contribution in [2.24, 2.45) is 11.7 Å². The Labute approximate surface area is 109 Å². The molecule has 1 atom stereocenters. The van der Waals surface area contributed by atoms with E-state index in [0.717, 1.165) is 0 Å². The molecule has 0 bridgehead atoms. The largest absolute Gasteiger partial charge is 0.392 e. The number of amides is 2. The average Bonchev–Trinajstić information content (AvgIpc) is 2.71. The van der Waals surface area contributed by atoms with E-state index in [0.29, 0.717) is 16.3 Å². The zero-order valence-electron chi connectivity index (χ0n) is 9.60. The molecule has 2 amide bonds. The molecule has 6 heteroatoms. The van der Waals surface area contributed by atoms with E-state index < -0.39 is 11.8 Å². The van der Waals surface area contributed by atoms with Crippen LogP contribution in [0.5, 0.6) is 0 Å². The Bertz CT molecular complexity index is 504. The topological polar surface area (TPSA) is 83.6 Å². The Morgan fingerprint density at radius 3 is 2.83 bits per heavy atom. The number of carbonyl (C=O) groups excluding carboxylic acids is 2. The molecule has 1 saturated heterocycles. The van der Waals surface area contributed by atoms with Gasteiger partial charge >= 0.3 is 0 Å². The highest BCUT2D eigenvalue weighted by atomic mass is 35.5. The molecule has 1 aromatic carbocycles. The number of nitrogens with zero attached hydrogens (tertiary/aromatic N) is 1. The highest BCUT2D eigenvalue weighted by Gasteiger charge is 2.35. The summed E-state index contributed by atoms with van der Waals surface area (Å²) in [6.07, 6.45) is 0.0887. The van der Waals surface area contributed by atoms with Crippen LogP contribution in [0.4, 0.5) is 5.69 Å². The maximum atomic E-state index is 11.9. The summed E-state index contributed by atoms with van der Waals surface area (Å²) in [6, 6.07) is 5.02. The average molecular weight is 269 g/mol. The molecule has 0 spiro atoms. The first-order valence-corrected chi connectivity index (χ1v) is 5.90. The number of anilines is 1. The number of aliphatic hydroxyl groups excluding tert-OH is 1. The summed E-state index contributed by atoms with van der Waals surface area (Å²) >= 11 is 6.06. The van der Waals surface area contributed by atoms with E-state index >= 15 is 0 Å². The summed E-state index contributed by atoms with van der Waals surface area (Å²) in [5.41, 5.74) is 6.23. The van der Waals surface area contributed by atoms with Crippen molar-refractivity contribution in [3.63, 3.8) is 0 Å².